The molecule has 2 N–H and O–H groups in total. The van der Waals surface area contributed by atoms with Gasteiger partial charge in [-0.25, -0.2) is 0 Å². The molecule has 0 saturated carbocycles. The van der Waals surface area contributed by atoms with E-state index in [-0.39, 0.29) is 0 Å². The molecular weight excluding hydrogens is 304 g/mol. The maximum absolute atomic E-state index is 5.33. The maximum atomic E-state index is 5.33. The molecule has 4 heteroatoms. The molecule has 2 aromatic rings. The lowest BCUT2D eigenvalue weighted by Crippen LogP contribution is -2.01. The molecule has 0 atom stereocenters. The zero-order valence-electron chi connectivity index (χ0n) is 11.0. The van der Waals surface area contributed by atoms with Crippen LogP contribution in [0.1, 0.15) is 5.56 Å². The van der Waals surface area contributed by atoms with Gasteiger partial charge in [-0.3, -0.25) is 0 Å². The van der Waals surface area contributed by atoms with Gasteiger partial charge in [-0.15, -0.1) is 0 Å². The smallest absolute Gasteiger partial charge is 0.142 e. The first-order valence-electron chi connectivity index (χ1n) is 6.07. The lowest BCUT2D eigenvalue weighted by Gasteiger charge is -2.12. The van der Waals surface area contributed by atoms with Gasteiger partial charge in [-0.1, -0.05) is 28.1 Å². The third kappa shape index (κ3) is 3.64. The zero-order valence-corrected chi connectivity index (χ0v) is 12.6. The Morgan fingerprint density at radius 2 is 1.84 bits per heavy atom. The highest BCUT2D eigenvalue weighted by Crippen LogP contribution is 2.28. The Kier molecular flexibility index (Phi) is 4.68. The van der Waals surface area contributed by atoms with Crippen LogP contribution in [0.4, 0.5) is 11.4 Å². The highest BCUT2D eigenvalue weighted by molar-refractivity contribution is 9.10. The van der Waals surface area contributed by atoms with E-state index >= 15 is 0 Å². The van der Waals surface area contributed by atoms with Crippen LogP contribution < -0.4 is 15.4 Å². The molecule has 0 bridgehead atoms. The van der Waals surface area contributed by atoms with Crippen LogP contribution in [0.2, 0.25) is 0 Å². The summed E-state index contributed by atoms with van der Waals surface area (Å²) in [6.45, 7) is 0.761. The Hall–Kier alpha value is -1.68. The average molecular weight is 321 g/mol. The number of hydrogen-bond donors (Lipinski definition) is 2. The molecule has 100 valence electrons. The minimum Gasteiger partial charge on any atom is -0.495 e. The molecule has 0 unspecified atom stereocenters. The van der Waals surface area contributed by atoms with Crippen LogP contribution >= 0.6 is 15.9 Å². The second kappa shape index (κ2) is 6.48. The van der Waals surface area contributed by atoms with Crippen molar-refractivity contribution >= 4 is 27.3 Å². The zero-order chi connectivity index (χ0) is 13.7. The van der Waals surface area contributed by atoms with Gasteiger partial charge in [0.05, 0.1) is 12.8 Å². The first-order valence-corrected chi connectivity index (χ1v) is 6.86. The van der Waals surface area contributed by atoms with Gasteiger partial charge in [0.1, 0.15) is 5.75 Å². The summed E-state index contributed by atoms with van der Waals surface area (Å²) in [5, 5.41) is 6.49. The molecule has 0 heterocycles. The predicted molar refractivity (Wildman–Crippen MR) is 84.0 cm³/mol. The van der Waals surface area contributed by atoms with Crippen molar-refractivity contribution in [3.05, 3.63) is 52.5 Å². The molecule has 0 saturated heterocycles. The Bertz CT molecular complexity index is 540. The van der Waals surface area contributed by atoms with Crippen molar-refractivity contribution in [1.82, 2.24) is 0 Å². The number of ether oxygens (including phenoxy) is 1. The molecule has 0 fully saturated rings. The fourth-order valence-electron chi connectivity index (χ4n) is 1.80. The molecule has 2 aromatic carbocycles. The fraction of sp³-hybridized carbons (Fsp3) is 0.200. The van der Waals surface area contributed by atoms with Crippen molar-refractivity contribution in [2.75, 3.05) is 24.8 Å². The van der Waals surface area contributed by atoms with E-state index in [1.54, 1.807) is 7.11 Å². The first kappa shape index (κ1) is 13.7. The number of methoxy groups -OCH3 is 1. The molecule has 0 aliphatic carbocycles. The third-order valence-corrected chi connectivity index (χ3v) is 3.38. The molecule has 0 aliphatic heterocycles. The summed E-state index contributed by atoms with van der Waals surface area (Å²) < 4.78 is 6.36. The molecule has 0 spiro atoms. The van der Waals surface area contributed by atoms with Crippen molar-refractivity contribution < 1.29 is 4.74 Å². The van der Waals surface area contributed by atoms with Crippen LogP contribution in [0.15, 0.2) is 46.9 Å². The standard InChI is InChI=1S/C15H17BrN2O/c1-17-13-6-3-11(4-7-13)10-18-14-9-12(16)5-8-15(14)19-2/h3-9,17-18H,10H2,1-2H3. The molecular formula is C15H17BrN2O. The molecule has 0 aliphatic rings. The third-order valence-electron chi connectivity index (χ3n) is 2.89. The van der Waals surface area contributed by atoms with Crippen molar-refractivity contribution in [3.8, 4) is 5.75 Å². The quantitative estimate of drug-likeness (QED) is 0.869. The summed E-state index contributed by atoms with van der Waals surface area (Å²) in [5.74, 6) is 0.843. The highest BCUT2D eigenvalue weighted by atomic mass is 79.9. The van der Waals surface area contributed by atoms with Crippen molar-refractivity contribution in [3.63, 3.8) is 0 Å². The number of halogens is 1. The van der Waals surface area contributed by atoms with E-state index < -0.39 is 0 Å². The lowest BCUT2D eigenvalue weighted by molar-refractivity contribution is 0.416. The van der Waals surface area contributed by atoms with E-state index in [0.717, 1.165) is 28.1 Å². The topological polar surface area (TPSA) is 33.3 Å². The second-order valence-electron chi connectivity index (χ2n) is 4.15. The van der Waals surface area contributed by atoms with E-state index in [2.05, 4.69) is 50.8 Å². The largest absolute Gasteiger partial charge is 0.495 e. The fourth-order valence-corrected chi connectivity index (χ4v) is 2.17. The highest BCUT2D eigenvalue weighted by Gasteiger charge is 2.03. The Labute approximate surface area is 122 Å². The molecule has 3 nitrogen and oxygen atoms in total. The van der Waals surface area contributed by atoms with Gasteiger partial charge in [0.15, 0.2) is 0 Å². The van der Waals surface area contributed by atoms with Crippen molar-refractivity contribution in [1.29, 1.82) is 0 Å². The number of nitrogens with one attached hydrogen (secondary N) is 2. The summed E-state index contributed by atoms with van der Waals surface area (Å²) in [7, 11) is 3.59. The van der Waals surface area contributed by atoms with Gasteiger partial charge in [-0.2, -0.15) is 0 Å². The minimum absolute atomic E-state index is 0.761. The molecule has 0 radical (unpaired) electrons. The normalized spacial score (nSPS) is 10.1. The van der Waals surface area contributed by atoms with Crippen LogP contribution in [0, 0.1) is 0 Å². The van der Waals surface area contributed by atoms with Crippen molar-refractivity contribution in [2.45, 2.75) is 6.54 Å². The van der Waals surface area contributed by atoms with Gasteiger partial charge in [-0.05, 0) is 35.9 Å². The number of anilines is 2. The lowest BCUT2D eigenvalue weighted by atomic mass is 10.2. The van der Waals surface area contributed by atoms with E-state index in [0.29, 0.717) is 0 Å². The van der Waals surface area contributed by atoms with E-state index in [4.69, 9.17) is 4.74 Å². The Morgan fingerprint density at radius 3 is 2.47 bits per heavy atom. The van der Waals surface area contributed by atoms with Gasteiger partial charge in [0.25, 0.3) is 0 Å². The van der Waals surface area contributed by atoms with Crippen molar-refractivity contribution in [2.24, 2.45) is 0 Å². The summed E-state index contributed by atoms with van der Waals surface area (Å²) in [5.41, 5.74) is 3.32. The SMILES string of the molecule is CNc1ccc(CNc2cc(Br)ccc2OC)cc1. The Balaban J connectivity index is 2.07. The van der Waals surface area contributed by atoms with Crippen LogP contribution in [0.3, 0.4) is 0 Å². The first-order chi connectivity index (χ1) is 9.22. The van der Waals surface area contributed by atoms with Gasteiger partial charge in [0, 0.05) is 23.8 Å². The van der Waals surface area contributed by atoms with Gasteiger partial charge < -0.3 is 15.4 Å². The monoisotopic (exact) mass is 320 g/mol. The maximum Gasteiger partial charge on any atom is 0.142 e. The summed E-state index contributed by atoms with van der Waals surface area (Å²) >= 11 is 3.47. The second-order valence-corrected chi connectivity index (χ2v) is 5.06. The van der Waals surface area contributed by atoms with Crippen LogP contribution in [-0.4, -0.2) is 14.2 Å². The molecule has 19 heavy (non-hydrogen) atoms. The summed E-state index contributed by atoms with van der Waals surface area (Å²) in [6.07, 6.45) is 0. The number of rotatable bonds is 5. The van der Waals surface area contributed by atoms with Gasteiger partial charge in [0.2, 0.25) is 0 Å². The average Bonchev–Trinajstić information content (AvgIpc) is 2.46. The van der Waals surface area contributed by atoms with Gasteiger partial charge >= 0.3 is 0 Å². The predicted octanol–water partition coefficient (Wildman–Crippen LogP) is 4.11. The number of benzene rings is 2. The van der Waals surface area contributed by atoms with Crippen LogP contribution in [0.5, 0.6) is 5.75 Å². The molecule has 0 amide bonds. The number of hydrogen-bond acceptors (Lipinski definition) is 3. The van der Waals surface area contributed by atoms with E-state index in [1.165, 1.54) is 5.56 Å². The van der Waals surface area contributed by atoms with Crippen LogP contribution in [0.25, 0.3) is 0 Å². The summed E-state index contributed by atoms with van der Waals surface area (Å²) in [6, 6.07) is 14.2. The van der Waals surface area contributed by atoms with E-state index in [9.17, 15) is 0 Å². The summed E-state index contributed by atoms with van der Waals surface area (Å²) in [4.78, 5) is 0. The Morgan fingerprint density at radius 1 is 1.11 bits per heavy atom. The van der Waals surface area contributed by atoms with Crippen LogP contribution in [-0.2, 0) is 6.54 Å². The minimum atomic E-state index is 0.761. The molecule has 0 aromatic heterocycles. The van der Waals surface area contributed by atoms with E-state index in [1.807, 2.05) is 25.2 Å². The molecule has 2 rings (SSSR count).